The molecule has 2 rings (SSSR count). The smallest absolute Gasteiger partial charge is 0.410 e. The Hall–Kier alpha value is -1.39. The largest absolute Gasteiger partial charge is 0.444 e. The van der Waals surface area contributed by atoms with Crippen molar-refractivity contribution in [3.63, 3.8) is 0 Å². The molecule has 1 aliphatic heterocycles. The molecular weight excluding hydrogens is 340 g/mol. The normalized spacial score (nSPS) is 16.5. The number of carbonyl (C=O) groups excluding carboxylic acids is 1. The second-order valence-electron chi connectivity index (χ2n) is 6.13. The minimum Gasteiger partial charge on any atom is -0.444 e. The molecule has 0 bridgehead atoms. The maximum absolute atomic E-state index is 12.0. The van der Waals surface area contributed by atoms with Crippen LogP contribution in [0.4, 0.5) is 9.93 Å². The SMILES string of the molecule is CNS(=O)(=O)c1csc(N2CCN(C(=O)OC(C)(C)C)CC2)n1. The number of anilines is 1. The molecule has 0 spiro atoms. The van der Waals surface area contributed by atoms with E-state index in [2.05, 4.69) is 9.71 Å². The van der Waals surface area contributed by atoms with Gasteiger partial charge in [-0.15, -0.1) is 11.3 Å². The molecule has 0 unspecified atom stereocenters. The van der Waals surface area contributed by atoms with E-state index in [9.17, 15) is 13.2 Å². The van der Waals surface area contributed by atoms with E-state index >= 15 is 0 Å². The van der Waals surface area contributed by atoms with Crippen molar-refractivity contribution in [3.05, 3.63) is 5.38 Å². The molecule has 23 heavy (non-hydrogen) atoms. The number of nitrogens with one attached hydrogen (secondary N) is 1. The average Bonchev–Trinajstić information content (AvgIpc) is 2.96. The Morgan fingerprint density at radius 3 is 2.43 bits per heavy atom. The van der Waals surface area contributed by atoms with Crippen molar-refractivity contribution in [2.24, 2.45) is 0 Å². The van der Waals surface area contributed by atoms with Crippen LogP contribution in [0.15, 0.2) is 10.4 Å². The zero-order valence-electron chi connectivity index (χ0n) is 13.7. The number of amides is 1. The van der Waals surface area contributed by atoms with Crippen molar-refractivity contribution < 1.29 is 17.9 Å². The van der Waals surface area contributed by atoms with Gasteiger partial charge in [0.15, 0.2) is 10.2 Å². The topological polar surface area (TPSA) is 91.8 Å². The fourth-order valence-corrected chi connectivity index (χ4v) is 3.90. The van der Waals surface area contributed by atoms with Crippen LogP contribution in [-0.2, 0) is 14.8 Å². The summed E-state index contributed by atoms with van der Waals surface area (Å²) in [6.07, 6.45) is -0.324. The summed E-state index contributed by atoms with van der Waals surface area (Å²) in [5, 5.41) is 2.18. The minimum absolute atomic E-state index is 0.0228. The Morgan fingerprint density at radius 1 is 1.30 bits per heavy atom. The molecule has 8 nitrogen and oxygen atoms in total. The number of thiazole rings is 1. The van der Waals surface area contributed by atoms with Gasteiger partial charge in [0.1, 0.15) is 5.60 Å². The van der Waals surface area contributed by atoms with Gasteiger partial charge in [0, 0.05) is 31.6 Å². The number of hydrogen-bond acceptors (Lipinski definition) is 7. The number of ether oxygens (including phenoxy) is 1. The molecule has 130 valence electrons. The number of rotatable bonds is 3. The molecule has 0 radical (unpaired) electrons. The zero-order chi connectivity index (χ0) is 17.3. The van der Waals surface area contributed by atoms with Gasteiger partial charge < -0.3 is 14.5 Å². The Labute approximate surface area is 140 Å². The summed E-state index contributed by atoms with van der Waals surface area (Å²) in [4.78, 5) is 19.8. The van der Waals surface area contributed by atoms with E-state index in [0.717, 1.165) is 0 Å². The lowest BCUT2D eigenvalue weighted by Crippen LogP contribution is -2.50. The van der Waals surface area contributed by atoms with E-state index in [1.165, 1.54) is 23.8 Å². The second kappa shape index (κ2) is 6.62. The molecule has 1 aromatic heterocycles. The summed E-state index contributed by atoms with van der Waals surface area (Å²) >= 11 is 1.28. The lowest BCUT2D eigenvalue weighted by Gasteiger charge is -2.35. The van der Waals surface area contributed by atoms with Crippen LogP contribution in [0.25, 0.3) is 0 Å². The zero-order valence-corrected chi connectivity index (χ0v) is 15.3. The van der Waals surface area contributed by atoms with Crippen molar-refractivity contribution >= 4 is 32.6 Å². The number of hydrogen-bond donors (Lipinski definition) is 1. The first-order chi connectivity index (χ1) is 10.6. The van der Waals surface area contributed by atoms with Crippen molar-refractivity contribution in [2.75, 3.05) is 38.1 Å². The lowest BCUT2D eigenvalue weighted by atomic mass is 10.2. The molecule has 1 saturated heterocycles. The van der Waals surface area contributed by atoms with E-state index in [4.69, 9.17) is 4.74 Å². The van der Waals surface area contributed by atoms with Crippen LogP contribution >= 0.6 is 11.3 Å². The predicted molar refractivity (Wildman–Crippen MR) is 88.4 cm³/mol. The standard InChI is InChI=1S/C13H22N4O4S2/c1-13(2,3)21-12(18)17-7-5-16(6-8-17)11-15-10(9-22-11)23(19,20)14-4/h9,14H,5-8H2,1-4H3. The van der Waals surface area contributed by atoms with Crippen LogP contribution in [0.3, 0.4) is 0 Å². The van der Waals surface area contributed by atoms with Gasteiger partial charge in [0.05, 0.1) is 0 Å². The first-order valence-corrected chi connectivity index (χ1v) is 9.60. The van der Waals surface area contributed by atoms with E-state index < -0.39 is 15.6 Å². The van der Waals surface area contributed by atoms with E-state index in [-0.39, 0.29) is 11.1 Å². The van der Waals surface area contributed by atoms with E-state index in [1.54, 1.807) is 4.90 Å². The fourth-order valence-electron chi connectivity index (χ4n) is 2.03. The van der Waals surface area contributed by atoms with Crippen molar-refractivity contribution in [3.8, 4) is 0 Å². The van der Waals surface area contributed by atoms with Crippen molar-refractivity contribution in [1.29, 1.82) is 0 Å². The summed E-state index contributed by atoms with van der Waals surface area (Å²) < 4.78 is 31.0. The first-order valence-electron chi connectivity index (χ1n) is 7.24. The predicted octanol–water partition coefficient (Wildman–Crippen LogP) is 1.11. The molecule has 1 aliphatic rings. The summed E-state index contributed by atoms with van der Waals surface area (Å²) in [7, 11) is -2.17. The van der Waals surface area contributed by atoms with E-state index in [0.29, 0.717) is 31.3 Å². The molecule has 0 atom stereocenters. The third-order valence-electron chi connectivity index (χ3n) is 3.22. The van der Waals surface area contributed by atoms with Crippen LogP contribution < -0.4 is 9.62 Å². The van der Waals surface area contributed by atoms with Crippen molar-refractivity contribution in [1.82, 2.24) is 14.6 Å². The molecular formula is C13H22N4O4S2. The van der Waals surface area contributed by atoms with Crippen LogP contribution in [0.2, 0.25) is 0 Å². The number of carbonyl (C=O) groups is 1. The molecule has 0 aliphatic carbocycles. The Bertz CT molecular complexity index is 658. The molecule has 1 N–H and O–H groups in total. The maximum atomic E-state index is 12.0. The maximum Gasteiger partial charge on any atom is 0.410 e. The van der Waals surface area contributed by atoms with Gasteiger partial charge >= 0.3 is 6.09 Å². The number of nitrogens with zero attached hydrogens (tertiary/aromatic N) is 3. The van der Waals surface area contributed by atoms with Crippen LogP contribution in [0.5, 0.6) is 0 Å². The monoisotopic (exact) mass is 362 g/mol. The molecule has 10 heteroatoms. The Balaban J connectivity index is 1.96. The Kier molecular flexibility index (Phi) is 5.17. The molecule has 1 amide bonds. The highest BCUT2D eigenvalue weighted by molar-refractivity contribution is 7.89. The highest BCUT2D eigenvalue weighted by atomic mass is 32.2. The molecule has 2 heterocycles. The summed E-state index contributed by atoms with van der Waals surface area (Å²) in [5.41, 5.74) is -0.514. The molecule has 1 fully saturated rings. The summed E-state index contributed by atoms with van der Waals surface area (Å²) in [6, 6.07) is 0. The second-order valence-corrected chi connectivity index (χ2v) is 8.80. The van der Waals surface area contributed by atoms with Gasteiger partial charge in [-0.05, 0) is 27.8 Å². The van der Waals surface area contributed by atoms with Gasteiger partial charge in [-0.25, -0.2) is 22.9 Å². The number of sulfonamides is 1. The van der Waals surface area contributed by atoms with Gasteiger partial charge in [-0.3, -0.25) is 0 Å². The molecule has 0 saturated carbocycles. The van der Waals surface area contributed by atoms with E-state index in [1.807, 2.05) is 25.7 Å². The average molecular weight is 362 g/mol. The Morgan fingerprint density at radius 2 is 1.91 bits per heavy atom. The van der Waals surface area contributed by atoms with Gasteiger partial charge in [-0.2, -0.15) is 0 Å². The van der Waals surface area contributed by atoms with Gasteiger partial charge in [0.2, 0.25) is 0 Å². The molecule has 0 aromatic carbocycles. The van der Waals surface area contributed by atoms with Crippen molar-refractivity contribution in [2.45, 2.75) is 31.4 Å². The third kappa shape index (κ3) is 4.55. The lowest BCUT2D eigenvalue weighted by molar-refractivity contribution is 0.0240. The number of piperazine rings is 1. The van der Waals surface area contributed by atoms with Gasteiger partial charge in [-0.1, -0.05) is 0 Å². The molecule has 1 aromatic rings. The minimum atomic E-state index is -3.52. The summed E-state index contributed by atoms with van der Waals surface area (Å²) in [5.74, 6) is 0. The van der Waals surface area contributed by atoms with Crippen LogP contribution in [0.1, 0.15) is 20.8 Å². The third-order valence-corrected chi connectivity index (χ3v) is 5.56. The quantitative estimate of drug-likeness (QED) is 0.866. The van der Waals surface area contributed by atoms with Gasteiger partial charge in [0.25, 0.3) is 10.0 Å². The van der Waals surface area contributed by atoms with Crippen LogP contribution in [0, 0.1) is 0 Å². The van der Waals surface area contributed by atoms with Crippen LogP contribution in [-0.4, -0.2) is 63.2 Å². The fraction of sp³-hybridized carbons (Fsp3) is 0.692. The highest BCUT2D eigenvalue weighted by Crippen LogP contribution is 2.24. The highest BCUT2D eigenvalue weighted by Gasteiger charge is 2.27. The first kappa shape index (κ1) is 18.0. The summed E-state index contributed by atoms with van der Waals surface area (Å²) in [6.45, 7) is 7.71. The number of aromatic nitrogens is 1.